The van der Waals surface area contributed by atoms with Crippen LogP contribution in [0.25, 0.3) is 11.3 Å². The second-order valence-corrected chi connectivity index (χ2v) is 7.79. The van der Waals surface area contributed by atoms with Crippen molar-refractivity contribution < 1.29 is 19.4 Å². The molecule has 3 rings (SSSR count). The molecule has 150 valence electrons. The van der Waals surface area contributed by atoms with Gasteiger partial charge in [0.25, 0.3) is 0 Å². The Morgan fingerprint density at radius 2 is 2.11 bits per heavy atom. The normalized spacial score (nSPS) is 15.9. The van der Waals surface area contributed by atoms with E-state index >= 15 is 0 Å². The first-order valence-electron chi connectivity index (χ1n) is 9.01. The van der Waals surface area contributed by atoms with Crippen molar-refractivity contribution in [3.63, 3.8) is 0 Å². The molecule has 2 aromatic rings. The molecule has 28 heavy (non-hydrogen) atoms. The van der Waals surface area contributed by atoms with Gasteiger partial charge in [-0.1, -0.05) is 12.1 Å². The van der Waals surface area contributed by atoms with Crippen LogP contribution >= 0.6 is 11.3 Å². The molecule has 8 nitrogen and oxygen atoms in total. The van der Waals surface area contributed by atoms with Gasteiger partial charge in [0.15, 0.2) is 5.13 Å². The third-order valence-electron chi connectivity index (χ3n) is 4.97. The van der Waals surface area contributed by atoms with E-state index in [2.05, 4.69) is 34.3 Å². The average molecular weight is 404 g/mol. The highest BCUT2D eigenvalue weighted by Crippen LogP contribution is 2.31. The summed E-state index contributed by atoms with van der Waals surface area (Å²) in [5.74, 6) is -0.452. The van der Waals surface area contributed by atoms with E-state index in [0.29, 0.717) is 5.13 Å². The van der Waals surface area contributed by atoms with E-state index in [-0.39, 0.29) is 12.1 Å². The molecule has 1 aromatic carbocycles. The second kappa shape index (κ2) is 8.57. The van der Waals surface area contributed by atoms with Gasteiger partial charge in [0.1, 0.15) is 6.54 Å². The summed E-state index contributed by atoms with van der Waals surface area (Å²) < 4.78 is 5.61. The molecule has 0 saturated carbocycles. The van der Waals surface area contributed by atoms with Crippen LogP contribution in [0.1, 0.15) is 19.8 Å². The van der Waals surface area contributed by atoms with Crippen molar-refractivity contribution in [3.05, 3.63) is 29.6 Å². The number of ether oxygens (including phenoxy) is 1. The molecule has 1 saturated heterocycles. The topological polar surface area (TPSA) is 104 Å². The highest BCUT2D eigenvalue weighted by atomic mass is 32.1. The van der Waals surface area contributed by atoms with Crippen LogP contribution in [0, 0.1) is 0 Å². The molecule has 1 aromatic heterocycles. The monoisotopic (exact) mass is 404 g/mol. The number of nitrogens with zero attached hydrogens (tertiary/aromatic N) is 2. The van der Waals surface area contributed by atoms with Gasteiger partial charge >= 0.3 is 6.09 Å². The summed E-state index contributed by atoms with van der Waals surface area (Å²) in [6, 6.07) is 8.18. The number of hydrogen-bond donors (Lipinski definition) is 3. The minimum Gasteiger partial charge on any atom is -0.465 e. The largest absolute Gasteiger partial charge is 0.465 e. The quantitative estimate of drug-likeness (QED) is 0.684. The minimum atomic E-state index is -1.24. The number of carboxylic acid groups (broad SMARTS) is 1. The van der Waals surface area contributed by atoms with E-state index < -0.39 is 12.0 Å². The van der Waals surface area contributed by atoms with Gasteiger partial charge in [-0.05, 0) is 31.9 Å². The van der Waals surface area contributed by atoms with Crippen molar-refractivity contribution in [2.24, 2.45) is 0 Å². The summed E-state index contributed by atoms with van der Waals surface area (Å²) in [6.07, 6.45) is 0.714. The van der Waals surface area contributed by atoms with Gasteiger partial charge in [-0.25, -0.2) is 9.78 Å². The molecular weight excluding hydrogens is 380 g/mol. The fourth-order valence-electron chi connectivity index (χ4n) is 3.09. The maximum Gasteiger partial charge on any atom is 0.405 e. The number of hydrogen-bond acceptors (Lipinski definition) is 6. The predicted octanol–water partition coefficient (Wildman–Crippen LogP) is 3.02. The lowest BCUT2D eigenvalue weighted by Gasteiger charge is -2.39. The molecule has 9 heteroatoms. The molecule has 1 aliphatic heterocycles. The van der Waals surface area contributed by atoms with E-state index in [1.165, 1.54) is 11.3 Å². The number of piperidine rings is 1. The summed E-state index contributed by atoms with van der Waals surface area (Å²) in [7, 11) is 1.77. The smallest absolute Gasteiger partial charge is 0.405 e. The van der Waals surface area contributed by atoms with E-state index in [1.54, 1.807) is 7.11 Å². The molecular formula is C19H24N4O4S. The molecule has 0 spiro atoms. The van der Waals surface area contributed by atoms with Crippen LogP contribution in [0.2, 0.25) is 0 Å². The zero-order valence-electron chi connectivity index (χ0n) is 15.9. The number of rotatable bonds is 6. The van der Waals surface area contributed by atoms with Gasteiger partial charge in [0, 0.05) is 36.8 Å². The minimum absolute atomic E-state index is 0.0500. The van der Waals surface area contributed by atoms with Gasteiger partial charge in [-0.2, -0.15) is 0 Å². The molecule has 1 fully saturated rings. The Labute approximate surface area is 167 Å². The maximum absolute atomic E-state index is 11.7. The number of benzene rings is 1. The molecule has 2 heterocycles. The van der Waals surface area contributed by atoms with E-state index in [1.807, 2.05) is 22.8 Å². The summed E-state index contributed by atoms with van der Waals surface area (Å²) in [6.45, 7) is 3.71. The van der Waals surface area contributed by atoms with Gasteiger partial charge in [-0.15, -0.1) is 11.3 Å². The number of methoxy groups -OCH3 is 1. The molecule has 0 radical (unpaired) electrons. The Kier molecular flexibility index (Phi) is 6.15. The third-order valence-corrected chi connectivity index (χ3v) is 5.73. The maximum atomic E-state index is 11.7. The number of carbonyl (C=O) groups is 2. The van der Waals surface area contributed by atoms with Crippen LogP contribution in [0.3, 0.4) is 0 Å². The number of anilines is 2. The first-order chi connectivity index (χ1) is 13.4. The Morgan fingerprint density at radius 3 is 2.79 bits per heavy atom. The van der Waals surface area contributed by atoms with Crippen molar-refractivity contribution in [1.29, 1.82) is 0 Å². The molecule has 2 amide bonds. The Hall–Kier alpha value is -2.65. The van der Waals surface area contributed by atoms with Gasteiger partial charge in [-0.3, -0.25) is 4.79 Å². The third kappa shape index (κ3) is 4.99. The average Bonchev–Trinajstić information content (AvgIpc) is 3.15. The standard InChI is InChI=1S/C19H24N4O4S/c1-19(27-2)6-8-23(9-7-19)14-5-3-4-13(10-14)15-12-28-17(21-15)22-16(24)11-20-18(25)26/h3-5,10,12,20H,6-9,11H2,1-2H3,(H,25,26)(H,21,22,24). The van der Waals surface area contributed by atoms with Crippen LogP contribution in [0.4, 0.5) is 15.6 Å². The lowest BCUT2D eigenvalue weighted by molar-refractivity contribution is -0.115. The van der Waals surface area contributed by atoms with Crippen LogP contribution < -0.4 is 15.5 Å². The van der Waals surface area contributed by atoms with Crippen molar-refractivity contribution in [2.75, 3.05) is 37.0 Å². The lowest BCUT2D eigenvalue weighted by atomic mass is 9.93. The van der Waals surface area contributed by atoms with Gasteiger partial charge in [0.05, 0.1) is 11.3 Å². The molecule has 1 aliphatic rings. The van der Waals surface area contributed by atoms with Crippen LogP contribution in [0.5, 0.6) is 0 Å². The summed E-state index contributed by atoms with van der Waals surface area (Å²) in [5.41, 5.74) is 2.83. The summed E-state index contributed by atoms with van der Waals surface area (Å²) in [4.78, 5) is 28.9. The van der Waals surface area contributed by atoms with E-state index in [0.717, 1.165) is 42.9 Å². The Bertz CT molecular complexity index is 846. The van der Waals surface area contributed by atoms with Crippen molar-refractivity contribution in [3.8, 4) is 11.3 Å². The second-order valence-electron chi connectivity index (χ2n) is 6.94. The number of aromatic nitrogens is 1. The Balaban J connectivity index is 1.65. The van der Waals surface area contributed by atoms with Crippen molar-refractivity contribution in [2.45, 2.75) is 25.4 Å². The number of thiazole rings is 1. The highest BCUT2D eigenvalue weighted by Gasteiger charge is 2.29. The number of carbonyl (C=O) groups excluding carboxylic acids is 1. The van der Waals surface area contributed by atoms with Crippen molar-refractivity contribution >= 4 is 34.2 Å². The molecule has 0 bridgehead atoms. The Morgan fingerprint density at radius 1 is 1.36 bits per heavy atom. The van der Waals surface area contributed by atoms with Gasteiger partial charge < -0.3 is 25.4 Å². The zero-order valence-corrected chi connectivity index (χ0v) is 16.7. The SMILES string of the molecule is COC1(C)CCN(c2cccc(-c3csc(NC(=O)CNC(=O)O)n3)c2)CC1. The fourth-order valence-corrected chi connectivity index (χ4v) is 3.82. The highest BCUT2D eigenvalue weighted by molar-refractivity contribution is 7.14. The zero-order chi connectivity index (χ0) is 20.1. The van der Waals surface area contributed by atoms with E-state index in [9.17, 15) is 9.59 Å². The van der Waals surface area contributed by atoms with Crippen molar-refractivity contribution in [1.82, 2.24) is 10.3 Å². The lowest BCUT2D eigenvalue weighted by Crippen LogP contribution is -2.43. The predicted molar refractivity (Wildman–Crippen MR) is 109 cm³/mol. The molecule has 3 N–H and O–H groups in total. The van der Waals surface area contributed by atoms with Crippen LogP contribution in [-0.2, 0) is 9.53 Å². The number of nitrogens with one attached hydrogen (secondary N) is 2. The van der Waals surface area contributed by atoms with Crippen LogP contribution in [-0.4, -0.2) is 54.4 Å². The summed E-state index contributed by atoms with van der Waals surface area (Å²) >= 11 is 1.30. The first kappa shape index (κ1) is 20.1. The molecule has 0 unspecified atom stereocenters. The molecule has 0 atom stereocenters. The van der Waals surface area contributed by atoms with Crippen LogP contribution in [0.15, 0.2) is 29.6 Å². The summed E-state index contributed by atoms with van der Waals surface area (Å²) in [5, 5.41) is 15.5. The number of amides is 2. The first-order valence-corrected chi connectivity index (χ1v) is 9.89. The van der Waals surface area contributed by atoms with E-state index in [4.69, 9.17) is 9.84 Å². The molecule has 0 aliphatic carbocycles. The fraction of sp³-hybridized carbons (Fsp3) is 0.421. The van der Waals surface area contributed by atoms with Gasteiger partial charge in [0.2, 0.25) is 5.91 Å².